The fourth-order valence-corrected chi connectivity index (χ4v) is 3.07. The van der Waals surface area contributed by atoms with Gasteiger partial charge in [-0.25, -0.2) is 4.79 Å². The second-order valence-electron chi connectivity index (χ2n) is 7.73. The van der Waals surface area contributed by atoms with Crippen molar-refractivity contribution in [1.29, 1.82) is 0 Å². The molecule has 0 radical (unpaired) electrons. The molecule has 0 aliphatic carbocycles. The summed E-state index contributed by atoms with van der Waals surface area (Å²) in [6, 6.07) is 0. The average molecular weight is 437 g/mol. The maximum atomic E-state index is 12.2. The van der Waals surface area contributed by atoms with Crippen molar-refractivity contribution >= 4 is 19.8 Å². The molecule has 0 bridgehead atoms. The first-order valence-corrected chi connectivity index (χ1v) is 11.3. The van der Waals surface area contributed by atoms with Gasteiger partial charge >= 0.3 is 11.9 Å². The lowest BCUT2D eigenvalue weighted by Crippen LogP contribution is -2.38. The summed E-state index contributed by atoms with van der Waals surface area (Å²) in [5.74, 6) is -1.45. The number of quaternary nitrogens is 1. The first-order valence-electron chi connectivity index (χ1n) is 9.84. The molecule has 0 aromatic rings. The molecular weight excluding hydrogens is 401 g/mol. The van der Waals surface area contributed by atoms with Gasteiger partial charge in [0.1, 0.15) is 32.5 Å². The number of rotatable bonds is 16. The minimum atomic E-state index is -4.68. The topological polar surface area (TPSA) is 111 Å². The number of carbonyl (C=O) groups excluding carboxylic acids is 2. The van der Waals surface area contributed by atoms with Crippen molar-refractivity contribution in [3.63, 3.8) is 0 Å². The summed E-state index contributed by atoms with van der Waals surface area (Å²) in [7, 11) is 0.986. The molecule has 0 spiro atoms. The van der Waals surface area contributed by atoms with Crippen molar-refractivity contribution < 1.29 is 42.1 Å². The van der Waals surface area contributed by atoms with Crippen LogP contribution in [-0.4, -0.2) is 70.0 Å². The fourth-order valence-electron chi connectivity index (χ4n) is 2.21. The number of hydrogen-bond donors (Lipinski definition) is 0. The van der Waals surface area contributed by atoms with Gasteiger partial charge in [0.15, 0.2) is 0 Å². The smallest absolute Gasteiger partial charge is 0.330 e. The van der Waals surface area contributed by atoms with E-state index in [1.54, 1.807) is 0 Å². The Labute approximate surface area is 174 Å². The van der Waals surface area contributed by atoms with Crippen LogP contribution in [0.2, 0.25) is 0 Å². The van der Waals surface area contributed by atoms with E-state index in [0.29, 0.717) is 23.9 Å². The van der Waals surface area contributed by atoms with E-state index in [2.05, 4.69) is 6.58 Å². The number of nitrogens with zero attached hydrogens (tertiary/aromatic N) is 1. The highest BCUT2D eigenvalue weighted by Crippen LogP contribution is 2.40. The minimum absolute atomic E-state index is 0.0713. The molecule has 170 valence electrons. The highest BCUT2D eigenvalue weighted by atomic mass is 31.2. The molecule has 3 unspecified atom stereocenters. The predicted molar refractivity (Wildman–Crippen MR) is 107 cm³/mol. The molecule has 3 atom stereocenters. The van der Waals surface area contributed by atoms with Crippen LogP contribution in [0.15, 0.2) is 12.7 Å². The Hall–Kier alpha value is -1.25. The van der Waals surface area contributed by atoms with Gasteiger partial charge in [0.25, 0.3) is 7.82 Å². The average Bonchev–Trinajstić information content (AvgIpc) is 2.62. The predicted octanol–water partition coefficient (Wildman–Crippen LogP) is 2.05. The van der Waals surface area contributed by atoms with Crippen molar-refractivity contribution in [2.45, 2.75) is 45.6 Å². The minimum Gasteiger partial charge on any atom is -0.756 e. The Morgan fingerprint density at radius 2 is 1.79 bits per heavy atom. The summed E-state index contributed by atoms with van der Waals surface area (Å²) in [5, 5.41) is 0. The molecule has 0 heterocycles. The van der Waals surface area contributed by atoms with Crippen LogP contribution >= 0.6 is 7.82 Å². The summed E-state index contributed by atoms with van der Waals surface area (Å²) < 4.78 is 32.5. The molecule has 0 aliphatic rings. The number of esters is 2. The number of carbonyl (C=O) groups is 2. The molecule has 0 aromatic heterocycles. The van der Waals surface area contributed by atoms with Gasteiger partial charge in [-0.2, -0.15) is 0 Å². The van der Waals surface area contributed by atoms with Gasteiger partial charge in [-0.05, 0) is 12.8 Å². The zero-order valence-electron chi connectivity index (χ0n) is 18.3. The Kier molecular flexibility index (Phi) is 13.3. The molecule has 0 aromatic carbocycles. The van der Waals surface area contributed by atoms with Gasteiger partial charge in [0.2, 0.25) is 0 Å². The van der Waals surface area contributed by atoms with Gasteiger partial charge < -0.3 is 27.9 Å². The highest BCUT2D eigenvalue weighted by Gasteiger charge is 2.24. The van der Waals surface area contributed by atoms with Gasteiger partial charge in [-0.15, -0.1) is 0 Å². The van der Waals surface area contributed by atoms with Gasteiger partial charge in [0.05, 0.1) is 27.1 Å². The van der Waals surface area contributed by atoms with Gasteiger partial charge in [-0.3, -0.25) is 9.36 Å². The van der Waals surface area contributed by atoms with Crippen LogP contribution in [0.5, 0.6) is 0 Å². The van der Waals surface area contributed by atoms with E-state index in [1.165, 1.54) is 0 Å². The second kappa shape index (κ2) is 13.9. The van der Waals surface area contributed by atoms with Crippen molar-refractivity contribution in [1.82, 2.24) is 0 Å². The SMILES string of the molecule is C=CC(=O)OCC(COC(=O)C(CC)CCCC)OP(=O)([O-])OCC[N+](C)(C)C. The number of ether oxygens (including phenoxy) is 2. The highest BCUT2D eigenvalue weighted by molar-refractivity contribution is 7.45. The maximum Gasteiger partial charge on any atom is 0.330 e. The number of unbranched alkanes of at least 4 members (excludes halogenated alkanes) is 1. The number of likely N-dealkylation sites (N-methyl/N-ethyl adjacent to an activating group) is 1. The standard InChI is InChI=1S/C19H36NO8P/c1-7-10-11-16(8-2)19(22)26-15-17(14-25-18(21)9-3)28-29(23,24)27-13-12-20(4,5)6/h9,16-17H,3,7-8,10-15H2,1-2,4-6H3. The lowest BCUT2D eigenvalue weighted by atomic mass is 10.00. The van der Waals surface area contributed by atoms with E-state index in [4.69, 9.17) is 18.5 Å². The van der Waals surface area contributed by atoms with Crippen LogP contribution in [0.4, 0.5) is 0 Å². The number of hydrogen-bond acceptors (Lipinski definition) is 8. The molecular formula is C19H36NO8P. The van der Waals surface area contributed by atoms with Crippen LogP contribution < -0.4 is 4.89 Å². The van der Waals surface area contributed by atoms with Crippen LogP contribution in [0.3, 0.4) is 0 Å². The van der Waals surface area contributed by atoms with Crippen LogP contribution in [0.1, 0.15) is 39.5 Å². The summed E-state index contributed by atoms with van der Waals surface area (Å²) in [4.78, 5) is 35.6. The number of phosphoric acid groups is 1. The normalized spacial score (nSPS) is 15.8. The first kappa shape index (κ1) is 27.8. The van der Waals surface area contributed by atoms with Crippen LogP contribution in [-0.2, 0) is 32.7 Å². The molecule has 0 fully saturated rings. The Bertz CT molecular complexity index is 561. The van der Waals surface area contributed by atoms with Gasteiger partial charge in [-0.1, -0.05) is 33.3 Å². The Balaban J connectivity index is 4.86. The number of phosphoric ester groups is 1. The third-order valence-corrected chi connectivity index (χ3v) is 5.07. The molecule has 29 heavy (non-hydrogen) atoms. The van der Waals surface area contributed by atoms with Crippen LogP contribution in [0, 0.1) is 5.92 Å². The Morgan fingerprint density at radius 3 is 2.31 bits per heavy atom. The second-order valence-corrected chi connectivity index (χ2v) is 9.10. The molecule has 9 nitrogen and oxygen atoms in total. The van der Waals surface area contributed by atoms with E-state index >= 15 is 0 Å². The van der Waals surface area contributed by atoms with E-state index in [-0.39, 0.29) is 19.1 Å². The summed E-state index contributed by atoms with van der Waals surface area (Å²) >= 11 is 0. The molecule has 0 saturated heterocycles. The molecule has 10 heteroatoms. The third kappa shape index (κ3) is 14.4. The van der Waals surface area contributed by atoms with E-state index in [0.717, 1.165) is 18.9 Å². The molecule has 0 N–H and O–H groups in total. The zero-order chi connectivity index (χ0) is 22.5. The zero-order valence-corrected chi connectivity index (χ0v) is 19.2. The Morgan fingerprint density at radius 1 is 1.17 bits per heavy atom. The maximum absolute atomic E-state index is 12.2. The van der Waals surface area contributed by atoms with Crippen LogP contribution in [0.25, 0.3) is 0 Å². The molecule has 0 saturated carbocycles. The summed E-state index contributed by atoms with van der Waals surface area (Å²) in [6.07, 6.45) is 2.88. The van der Waals surface area contributed by atoms with Crippen molar-refractivity contribution in [3.8, 4) is 0 Å². The molecule has 0 rings (SSSR count). The first-order chi connectivity index (χ1) is 13.4. The van der Waals surface area contributed by atoms with Crippen molar-refractivity contribution in [2.75, 3.05) is 47.5 Å². The van der Waals surface area contributed by atoms with E-state index in [1.807, 2.05) is 35.0 Å². The fraction of sp³-hybridized carbons (Fsp3) is 0.789. The third-order valence-electron chi connectivity index (χ3n) is 4.01. The van der Waals surface area contributed by atoms with Gasteiger partial charge in [0, 0.05) is 6.08 Å². The lowest BCUT2D eigenvalue weighted by Gasteiger charge is -2.30. The quantitative estimate of drug-likeness (QED) is 0.156. The monoisotopic (exact) mass is 437 g/mol. The largest absolute Gasteiger partial charge is 0.756 e. The summed E-state index contributed by atoms with van der Waals surface area (Å²) in [5.41, 5.74) is 0. The van der Waals surface area contributed by atoms with E-state index < -0.39 is 32.5 Å². The molecule has 0 amide bonds. The van der Waals surface area contributed by atoms with Crippen molar-refractivity contribution in [2.24, 2.45) is 5.92 Å². The lowest BCUT2D eigenvalue weighted by molar-refractivity contribution is -0.870. The molecule has 0 aliphatic heterocycles. The van der Waals surface area contributed by atoms with Crippen molar-refractivity contribution in [3.05, 3.63) is 12.7 Å². The summed E-state index contributed by atoms with van der Waals surface area (Å²) in [6.45, 7) is 6.75. The van der Waals surface area contributed by atoms with E-state index in [9.17, 15) is 19.0 Å².